The molecule has 2 fully saturated rings. The zero-order chi connectivity index (χ0) is 20.4. The van der Waals surface area contributed by atoms with E-state index in [0.717, 1.165) is 12.0 Å². The van der Waals surface area contributed by atoms with E-state index >= 15 is 0 Å². The number of amides is 3. The average molecular weight is 394 g/mol. The van der Waals surface area contributed by atoms with Crippen LogP contribution in [-0.2, 0) is 0 Å². The number of likely N-dealkylation sites (tertiary alicyclic amines) is 2. The summed E-state index contributed by atoms with van der Waals surface area (Å²) in [7, 11) is 0. The molecule has 2 aliphatic rings. The molecule has 0 unspecified atom stereocenters. The topological polar surface area (TPSA) is 85.8 Å². The fourth-order valence-corrected chi connectivity index (χ4v) is 4.73. The van der Waals surface area contributed by atoms with Gasteiger partial charge in [-0.1, -0.05) is 37.3 Å². The summed E-state index contributed by atoms with van der Waals surface area (Å²) in [6, 6.07) is 13.0. The van der Waals surface area contributed by atoms with Crippen LogP contribution in [0.15, 0.2) is 54.9 Å². The normalized spacial score (nSPS) is 22.0. The fraction of sp³-hybridized carbons (Fsp3) is 0.409. The van der Waals surface area contributed by atoms with Gasteiger partial charge in [0.05, 0.1) is 23.8 Å². The van der Waals surface area contributed by atoms with E-state index < -0.39 is 5.54 Å². The number of nitrogens with one attached hydrogen (secondary N) is 1. The Bertz CT molecular complexity index is 868. The highest BCUT2D eigenvalue weighted by Crippen LogP contribution is 2.53. The zero-order valence-corrected chi connectivity index (χ0v) is 16.5. The quantitative estimate of drug-likeness (QED) is 0.811. The number of hydrogen-bond acceptors (Lipinski definition) is 4. The molecular weight excluding hydrogens is 368 g/mol. The Morgan fingerprint density at radius 1 is 1.21 bits per heavy atom. The molecule has 0 bridgehead atoms. The van der Waals surface area contributed by atoms with Crippen molar-refractivity contribution in [3.05, 3.63) is 66.0 Å². The molecule has 0 saturated carbocycles. The first-order valence-electron chi connectivity index (χ1n) is 10.0. The first kappa shape index (κ1) is 19.4. The van der Waals surface area contributed by atoms with Crippen LogP contribution in [0.4, 0.5) is 4.79 Å². The molecule has 1 spiro atoms. The number of nitrogens with zero attached hydrogens (tertiary/aromatic N) is 3. The summed E-state index contributed by atoms with van der Waals surface area (Å²) in [5.74, 6) is -0.101. The zero-order valence-electron chi connectivity index (χ0n) is 16.5. The third-order valence-corrected chi connectivity index (χ3v) is 5.99. The standard InChI is InChI=1S/C22H26N4O3/c1-2-10-24-21(29)26-18(13-27)19(16-7-4-3-5-8-16)22(26)14-25(15-22)20(28)17-9-6-11-23-12-17/h3-9,11-12,18-19,27H,2,10,13-15H2,1H3,(H,24,29)/t18-,19-/m0/s1. The van der Waals surface area contributed by atoms with Crippen LogP contribution in [-0.4, -0.2) is 69.7 Å². The first-order chi connectivity index (χ1) is 14.1. The van der Waals surface area contributed by atoms with Gasteiger partial charge in [-0.15, -0.1) is 0 Å². The van der Waals surface area contributed by atoms with Gasteiger partial charge in [0.2, 0.25) is 0 Å². The SMILES string of the molecule is CCCNC(=O)N1[C@@H](CO)[C@H](c2ccccc2)C12CN(C(=O)c1cccnc1)C2. The summed E-state index contributed by atoms with van der Waals surface area (Å²) >= 11 is 0. The lowest BCUT2D eigenvalue weighted by atomic mass is 9.61. The maximum atomic E-state index is 12.9. The van der Waals surface area contributed by atoms with E-state index in [2.05, 4.69) is 10.3 Å². The van der Waals surface area contributed by atoms with Crippen molar-refractivity contribution in [2.24, 2.45) is 0 Å². The second-order valence-electron chi connectivity index (χ2n) is 7.75. The van der Waals surface area contributed by atoms with Crippen molar-refractivity contribution >= 4 is 11.9 Å². The molecule has 2 saturated heterocycles. The Hall–Kier alpha value is -2.93. The summed E-state index contributed by atoms with van der Waals surface area (Å²) in [6.07, 6.45) is 4.03. The second-order valence-corrected chi connectivity index (χ2v) is 7.75. The van der Waals surface area contributed by atoms with Crippen molar-refractivity contribution < 1.29 is 14.7 Å². The van der Waals surface area contributed by atoms with Crippen LogP contribution >= 0.6 is 0 Å². The van der Waals surface area contributed by atoms with E-state index in [0.29, 0.717) is 25.2 Å². The van der Waals surface area contributed by atoms with E-state index in [-0.39, 0.29) is 30.5 Å². The summed E-state index contributed by atoms with van der Waals surface area (Å²) in [4.78, 5) is 33.2. The van der Waals surface area contributed by atoms with Crippen molar-refractivity contribution in [2.75, 3.05) is 26.2 Å². The van der Waals surface area contributed by atoms with Crippen LogP contribution in [0.5, 0.6) is 0 Å². The van der Waals surface area contributed by atoms with E-state index in [9.17, 15) is 14.7 Å². The van der Waals surface area contributed by atoms with Crippen molar-refractivity contribution in [1.82, 2.24) is 20.1 Å². The molecule has 29 heavy (non-hydrogen) atoms. The second kappa shape index (κ2) is 7.83. The number of aliphatic hydroxyl groups is 1. The lowest BCUT2D eigenvalue weighted by Crippen LogP contribution is -2.86. The van der Waals surface area contributed by atoms with E-state index in [1.807, 2.05) is 37.3 Å². The molecule has 0 aliphatic carbocycles. The molecule has 4 rings (SSSR count). The lowest BCUT2D eigenvalue weighted by Gasteiger charge is -2.70. The van der Waals surface area contributed by atoms with E-state index in [1.165, 1.54) is 0 Å². The monoisotopic (exact) mass is 394 g/mol. The molecular formula is C22H26N4O3. The molecule has 2 aliphatic heterocycles. The summed E-state index contributed by atoms with van der Waals surface area (Å²) in [5.41, 5.74) is 1.13. The van der Waals surface area contributed by atoms with Crippen molar-refractivity contribution in [1.29, 1.82) is 0 Å². The largest absolute Gasteiger partial charge is 0.394 e. The van der Waals surface area contributed by atoms with Crippen molar-refractivity contribution in [3.63, 3.8) is 0 Å². The van der Waals surface area contributed by atoms with Gasteiger partial charge in [0.1, 0.15) is 0 Å². The molecule has 0 radical (unpaired) electrons. The Kier molecular flexibility index (Phi) is 5.24. The molecule has 152 valence electrons. The van der Waals surface area contributed by atoms with Gasteiger partial charge in [0.15, 0.2) is 0 Å². The number of carbonyl (C=O) groups is 2. The highest BCUT2D eigenvalue weighted by Gasteiger charge is 2.68. The molecule has 2 atom stereocenters. The number of aromatic nitrogens is 1. The molecule has 7 heteroatoms. The average Bonchev–Trinajstić information content (AvgIpc) is 2.72. The van der Waals surface area contributed by atoms with Crippen molar-refractivity contribution in [3.8, 4) is 0 Å². The van der Waals surface area contributed by atoms with Gasteiger partial charge in [0.25, 0.3) is 5.91 Å². The predicted octanol–water partition coefficient (Wildman–Crippen LogP) is 1.86. The van der Waals surface area contributed by atoms with Crippen LogP contribution < -0.4 is 5.32 Å². The third kappa shape index (κ3) is 3.15. The predicted molar refractivity (Wildman–Crippen MR) is 108 cm³/mol. The molecule has 3 heterocycles. The summed E-state index contributed by atoms with van der Waals surface area (Å²) in [6.45, 7) is 3.35. The maximum absolute atomic E-state index is 12.9. The van der Waals surface area contributed by atoms with Gasteiger partial charge in [-0.2, -0.15) is 0 Å². The summed E-state index contributed by atoms with van der Waals surface area (Å²) < 4.78 is 0. The molecule has 1 aromatic heterocycles. The fourth-order valence-electron chi connectivity index (χ4n) is 4.73. The number of aliphatic hydroxyl groups excluding tert-OH is 1. The third-order valence-electron chi connectivity index (χ3n) is 5.99. The number of pyridine rings is 1. The van der Waals surface area contributed by atoms with Crippen LogP contribution in [0, 0.1) is 0 Å². The minimum atomic E-state index is -0.496. The van der Waals surface area contributed by atoms with Crippen LogP contribution in [0.2, 0.25) is 0 Å². The first-order valence-corrected chi connectivity index (χ1v) is 10.0. The Morgan fingerprint density at radius 3 is 2.59 bits per heavy atom. The van der Waals surface area contributed by atoms with Crippen LogP contribution in [0.3, 0.4) is 0 Å². The van der Waals surface area contributed by atoms with Gasteiger partial charge in [-0.05, 0) is 24.1 Å². The Balaban J connectivity index is 1.60. The molecule has 2 N–H and O–H groups in total. The maximum Gasteiger partial charge on any atom is 0.318 e. The number of urea groups is 1. The molecule has 2 aromatic rings. The Labute approximate surface area is 170 Å². The lowest BCUT2D eigenvalue weighted by molar-refractivity contribution is -0.148. The van der Waals surface area contributed by atoms with Gasteiger partial charge in [0, 0.05) is 37.9 Å². The highest BCUT2D eigenvalue weighted by atomic mass is 16.3. The van der Waals surface area contributed by atoms with Gasteiger partial charge in [-0.25, -0.2) is 4.79 Å². The number of benzene rings is 1. The van der Waals surface area contributed by atoms with Crippen LogP contribution in [0.25, 0.3) is 0 Å². The van der Waals surface area contributed by atoms with Gasteiger partial charge < -0.3 is 20.2 Å². The van der Waals surface area contributed by atoms with Crippen molar-refractivity contribution in [2.45, 2.75) is 30.8 Å². The molecule has 1 aromatic carbocycles. The minimum absolute atomic E-state index is 0.0148. The van der Waals surface area contributed by atoms with E-state index in [1.54, 1.807) is 34.3 Å². The van der Waals surface area contributed by atoms with Gasteiger partial charge >= 0.3 is 6.03 Å². The minimum Gasteiger partial charge on any atom is -0.394 e. The molecule has 7 nitrogen and oxygen atoms in total. The number of hydrogen-bond donors (Lipinski definition) is 2. The van der Waals surface area contributed by atoms with Gasteiger partial charge in [-0.3, -0.25) is 9.78 Å². The smallest absolute Gasteiger partial charge is 0.318 e. The molecule has 3 amide bonds. The number of carbonyl (C=O) groups excluding carboxylic acids is 2. The Morgan fingerprint density at radius 2 is 1.97 bits per heavy atom. The summed E-state index contributed by atoms with van der Waals surface area (Å²) in [5, 5.41) is 13.0. The van der Waals surface area contributed by atoms with E-state index in [4.69, 9.17) is 0 Å². The highest BCUT2D eigenvalue weighted by molar-refractivity contribution is 5.95. The van der Waals surface area contributed by atoms with Crippen LogP contribution in [0.1, 0.15) is 35.2 Å². The number of rotatable bonds is 5.